The van der Waals surface area contributed by atoms with E-state index < -0.39 is 14.2 Å². The van der Waals surface area contributed by atoms with Gasteiger partial charge in [0.15, 0.2) is 0 Å². The van der Waals surface area contributed by atoms with Crippen LogP contribution in [0.25, 0.3) is 0 Å². The Balaban J connectivity index is 0.000000272. The molecule has 1 amide bonds. The van der Waals surface area contributed by atoms with Crippen molar-refractivity contribution in [2.24, 2.45) is 0 Å². The molecule has 2 rings (SSSR count). The van der Waals surface area contributed by atoms with Gasteiger partial charge in [0, 0.05) is 0 Å². The number of ether oxygens (including phenoxy) is 1. The molecule has 0 bridgehead atoms. The Morgan fingerprint density at radius 1 is 1.21 bits per heavy atom. The number of carbonyl (C=O) groups is 1. The van der Waals surface area contributed by atoms with Crippen molar-refractivity contribution in [1.82, 2.24) is 0 Å². The summed E-state index contributed by atoms with van der Waals surface area (Å²) >= 11 is -4.83. The van der Waals surface area contributed by atoms with E-state index in [1.165, 1.54) is 25.1 Å². The largest absolute Gasteiger partial charge is 0.495 e. The first kappa shape index (κ1) is 19.8. The van der Waals surface area contributed by atoms with Crippen molar-refractivity contribution in [2.75, 3.05) is 18.2 Å². The van der Waals surface area contributed by atoms with E-state index in [0.29, 0.717) is 11.4 Å². The molecular weight excluding hydrogens is 379 g/mol. The number of carbonyl (C=O) groups excluding carboxylic acids is 1. The third-order valence-electron chi connectivity index (χ3n) is 2.74. The number of nitrogens with one attached hydrogen (secondary N) is 1. The van der Waals surface area contributed by atoms with Gasteiger partial charge >= 0.3 is 88.4 Å². The fraction of sp³-hybridized carbons (Fsp3) is 0.133. The summed E-state index contributed by atoms with van der Waals surface area (Å²) in [4.78, 5) is 10.7. The van der Waals surface area contributed by atoms with E-state index in [2.05, 4.69) is 9.19 Å². The number of hydrogen-bond donors (Lipinski definition) is 4. The zero-order valence-electron chi connectivity index (χ0n) is 13.2. The Bertz CT molecular complexity index is 737. The van der Waals surface area contributed by atoms with Gasteiger partial charge in [0.25, 0.3) is 0 Å². The number of hydrogen-bond acceptors (Lipinski definition) is 6. The van der Waals surface area contributed by atoms with E-state index in [9.17, 15) is 12.6 Å². The van der Waals surface area contributed by atoms with Gasteiger partial charge in [0.2, 0.25) is 0 Å². The maximum absolute atomic E-state index is 11.3. The maximum atomic E-state index is 11.3. The number of para-hydroxylation sites is 2. The number of nitrogens with two attached hydrogens (primary N) is 1. The van der Waals surface area contributed by atoms with Crippen LogP contribution in [0.4, 0.5) is 11.4 Å². The third kappa shape index (κ3) is 6.09. The number of anilines is 2. The van der Waals surface area contributed by atoms with Crippen LogP contribution < -0.4 is 20.1 Å². The van der Waals surface area contributed by atoms with Crippen LogP contribution in [0.1, 0.15) is 6.92 Å². The summed E-state index contributed by atoms with van der Waals surface area (Å²) in [5.41, 5.74) is 6.55. The molecule has 0 aliphatic carbocycles. The first-order valence-corrected chi connectivity index (χ1v) is 10.0. The second kappa shape index (κ2) is 9.14. The molecule has 2 aromatic carbocycles. The van der Waals surface area contributed by atoms with E-state index >= 15 is 0 Å². The van der Waals surface area contributed by atoms with Crippen LogP contribution in [-0.4, -0.2) is 36.5 Å². The second-order valence-electron chi connectivity index (χ2n) is 4.58. The molecule has 130 valence electrons. The van der Waals surface area contributed by atoms with Gasteiger partial charge in [-0.3, -0.25) is 0 Å². The zero-order valence-corrected chi connectivity index (χ0v) is 15.0. The monoisotopic (exact) mass is 398 g/mol. The van der Waals surface area contributed by atoms with Crippen molar-refractivity contribution in [2.45, 2.75) is 6.92 Å². The van der Waals surface area contributed by atoms with Crippen LogP contribution in [0.5, 0.6) is 5.75 Å². The molecule has 0 heterocycles. The number of amides is 1. The average Bonchev–Trinajstić information content (AvgIpc) is 2.55. The molecule has 0 spiro atoms. The van der Waals surface area contributed by atoms with Crippen LogP contribution in [0.15, 0.2) is 48.5 Å². The van der Waals surface area contributed by atoms with Crippen molar-refractivity contribution in [3.05, 3.63) is 48.5 Å². The predicted molar refractivity (Wildman–Crippen MR) is 90.2 cm³/mol. The van der Waals surface area contributed by atoms with Gasteiger partial charge in [-0.15, -0.1) is 0 Å². The van der Waals surface area contributed by atoms with Gasteiger partial charge in [-0.05, 0) is 12.1 Å². The maximum Gasteiger partial charge on any atom is 0.141 e. The average molecular weight is 398 g/mol. The molecule has 5 N–H and O–H groups in total. The summed E-state index contributed by atoms with van der Waals surface area (Å²) in [7, 11) is 1.60. The van der Waals surface area contributed by atoms with Gasteiger partial charge in [-0.1, -0.05) is 12.1 Å². The molecule has 1 atom stereocenters. The molecule has 8 nitrogen and oxygen atoms in total. The quantitative estimate of drug-likeness (QED) is 0.261. The van der Waals surface area contributed by atoms with Gasteiger partial charge < -0.3 is 10.5 Å². The molecule has 0 aliphatic rings. The Morgan fingerprint density at radius 3 is 2.38 bits per heavy atom. The SMILES string of the molecule is CC(=O)Nc1cccc([As](=O)(O)OO)c1.COc1ccccc1N. The number of nitrogen functional groups attached to an aromatic ring is 1. The van der Waals surface area contributed by atoms with E-state index in [1.54, 1.807) is 19.2 Å². The number of methoxy groups -OCH3 is 1. The van der Waals surface area contributed by atoms with Crippen LogP contribution in [0, 0.1) is 0 Å². The minimum atomic E-state index is -4.83. The van der Waals surface area contributed by atoms with Gasteiger partial charge in [-0.25, -0.2) is 0 Å². The first-order valence-electron chi connectivity index (χ1n) is 6.73. The Hall–Kier alpha value is -2.25. The molecule has 0 saturated carbocycles. The topological polar surface area (TPSA) is 131 Å². The fourth-order valence-electron chi connectivity index (χ4n) is 1.68. The number of benzene rings is 2. The van der Waals surface area contributed by atoms with E-state index in [-0.39, 0.29) is 10.3 Å². The Labute approximate surface area is 142 Å². The minimum absolute atomic E-state index is 0.0399. The van der Waals surface area contributed by atoms with E-state index in [0.717, 1.165) is 5.75 Å². The molecule has 0 radical (unpaired) electrons. The van der Waals surface area contributed by atoms with Crippen molar-refractivity contribution < 1.29 is 26.5 Å². The molecule has 0 fully saturated rings. The summed E-state index contributed by atoms with van der Waals surface area (Å²) in [6.07, 6.45) is 0. The van der Waals surface area contributed by atoms with E-state index in [1.807, 2.05) is 18.2 Å². The molecule has 1 unspecified atom stereocenters. The summed E-state index contributed by atoms with van der Waals surface area (Å²) in [6, 6.07) is 13.0. The summed E-state index contributed by atoms with van der Waals surface area (Å²) < 4.78 is 28.9. The smallest absolute Gasteiger partial charge is 0.141 e. The zero-order chi connectivity index (χ0) is 18.2. The fourth-order valence-corrected chi connectivity index (χ4v) is 3.08. The molecule has 0 saturated heterocycles. The van der Waals surface area contributed by atoms with Crippen molar-refractivity contribution in [3.63, 3.8) is 0 Å². The van der Waals surface area contributed by atoms with Crippen LogP contribution in [0.2, 0.25) is 0 Å². The first-order chi connectivity index (χ1) is 11.3. The Morgan fingerprint density at radius 2 is 1.88 bits per heavy atom. The molecule has 9 heteroatoms. The Kier molecular flexibility index (Phi) is 7.54. The van der Waals surface area contributed by atoms with Crippen LogP contribution in [-0.2, 0) is 12.4 Å². The molecule has 0 aliphatic heterocycles. The number of rotatable bonds is 4. The van der Waals surface area contributed by atoms with Crippen molar-refractivity contribution in [1.29, 1.82) is 0 Å². The predicted octanol–water partition coefficient (Wildman–Crippen LogP) is 0.981. The van der Waals surface area contributed by atoms with E-state index in [4.69, 9.17) is 15.7 Å². The van der Waals surface area contributed by atoms with Gasteiger partial charge in [-0.2, -0.15) is 0 Å². The standard InChI is InChI=1S/C8H10AsNO5.C7H9NO/c1-6(11)10-8-4-2-3-7(5-8)9(12,13)15-14;1-9-7-5-3-2-4-6(7)8/h2-5,14H,1H3,(H,10,11)(H,12,13);2-5H,8H2,1H3. The normalized spacial score (nSPS) is 12.3. The summed E-state index contributed by atoms with van der Waals surface area (Å²) in [5.74, 6) is 0.439. The molecule has 0 aromatic heterocycles. The van der Waals surface area contributed by atoms with Crippen LogP contribution in [0.3, 0.4) is 0 Å². The molecule has 24 heavy (non-hydrogen) atoms. The van der Waals surface area contributed by atoms with Crippen molar-refractivity contribution in [3.8, 4) is 5.75 Å². The van der Waals surface area contributed by atoms with Crippen LogP contribution >= 0.6 is 0 Å². The minimum Gasteiger partial charge on any atom is -0.495 e. The summed E-state index contributed by atoms with van der Waals surface area (Å²) in [5, 5.41) is 10.7. The second-order valence-corrected chi connectivity index (χ2v) is 8.19. The van der Waals surface area contributed by atoms with Gasteiger partial charge in [0.05, 0.1) is 12.8 Å². The van der Waals surface area contributed by atoms with Gasteiger partial charge in [0.1, 0.15) is 5.75 Å². The van der Waals surface area contributed by atoms with Crippen molar-refractivity contribution >= 4 is 35.8 Å². The molecule has 2 aromatic rings. The summed E-state index contributed by atoms with van der Waals surface area (Å²) in [6.45, 7) is 1.32. The molecular formula is C15H19AsN2O6. The third-order valence-corrected chi connectivity index (χ3v) is 5.16.